The summed E-state index contributed by atoms with van der Waals surface area (Å²) < 4.78 is 39.7. The van der Waals surface area contributed by atoms with Crippen molar-refractivity contribution in [2.24, 2.45) is 5.92 Å². The lowest BCUT2D eigenvalue weighted by Crippen LogP contribution is -2.49. The molecule has 0 radical (unpaired) electrons. The van der Waals surface area contributed by atoms with Crippen molar-refractivity contribution in [3.8, 4) is 0 Å². The van der Waals surface area contributed by atoms with Gasteiger partial charge in [-0.25, -0.2) is 4.98 Å². The van der Waals surface area contributed by atoms with Gasteiger partial charge in [-0.05, 0) is 30.0 Å². The molecule has 0 aliphatic rings. The van der Waals surface area contributed by atoms with Crippen molar-refractivity contribution >= 4 is 11.9 Å². The number of imidazole rings is 1. The summed E-state index contributed by atoms with van der Waals surface area (Å²) in [6.07, 6.45) is -1.27. The van der Waals surface area contributed by atoms with Crippen LogP contribution in [-0.2, 0) is 28.7 Å². The molecule has 30 heavy (non-hydrogen) atoms. The predicted molar refractivity (Wildman–Crippen MR) is 102 cm³/mol. The molecule has 1 aromatic carbocycles. The Bertz CT molecular complexity index is 863. The molecule has 0 amide bonds. The molecule has 2 aromatic rings. The summed E-state index contributed by atoms with van der Waals surface area (Å²) in [6.45, 7) is 3.88. The number of nitrogens with one attached hydrogen (secondary N) is 1. The van der Waals surface area contributed by atoms with Crippen molar-refractivity contribution in [2.45, 2.75) is 51.5 Å². The molecule has 0 spiro atoms. The Hall–Kier alpha value is -2.88. The highest BCUT2D eigenvalue weighted by atomic mass is 19.4. The Kier molecular flexibility index (Phi) is 7.60. The second-order valence-electron chi connectivity index (χ2n) is 7.49. The smallest absolute Gasteiger partial charge is 0.416 e. The van der Waals surface area contributed by atoms with Crippen LogP contribution in [0.1, 0.15) is 37.1 Å². The summed E-state index contributed by atoms with van der Waals surface area (Å²) in [5.41, 5.74) is 0.353. The first-order chi connectivity index (χ1) is 14.0. The fourth-order valence-electron chi connectivity index (χ4n) is 3.04. The second kappa shape index (κ2) is 9.75. The molecular weight excluding hydrogens is 403 g/mol. The maximum Gasteiger partial charge on any atom is 0.416 e. The molecule has 10 heteroatoms. The lowest BCUT2D eigenvalue weighted by molar-refractivity contribution is -0.143. The van der Waals surface area contributed by atoms with Crippen LogP contribution in [0, 0.1) is 5.92 Å². The number of carbonyl (C=O) groups is 2. The van der Waals surface area contributed by atoms with E-state index in [0.29, 0.717) is 11.3 Å². The molecule has 0 saturated heterocycles. The number of carboxylic acid groups (broad SMARTS) is 2. The normalized spacial score (nSPS) is 13.9. The summed E-state index contributed by atoms with van der Waals surface area (Å²) in [4.78, 5) is 27.1. The predicted octanol–water partition coefficient (Wildman–Crippen LogP) is 3.03. The van der Waals surface area contributed by atoms with Crippen LogP contribution in [-0.4, -0.2) is 43.8 Å². The van der Waals surface area contributed by atoms with Crippen LogP contribution in [0.4, 0.5) is 13.2 Å². The third-order valence-electron chi connectivity index (χ3n) is 4.55. The first kappa shape index (κ1) is 23.4. The van der Waals surface area contributed by atoms with Gasteiger partial charge in [0.2, 0.25) is 0 Å². The van der Waals surface area contributed by atoms with E-state index in [1.54, 1.807) is 4.57 Å². The molecule has 7 nitrogen and oxygen atoms in total. The Morgan fingerprint density at radius 1 is 1.10 bits per heavy atom. The van der Waals surface area contributed by atoms with Crippen LogP contribution in [0.15, 0.2) is 36.8 Å². The Labute approximate surface area is 171 Å². The molecule has 3 N–H and O–H groups in total. The van der Waals surface area contributed by atoms with E-state index in [0.717, 1.165) is 12.1 Å². The number of hydrogen-bond acceptors (Lipinski definition) is 4. The van der Waals surface area contributed by atoms with Crippen LogP contribution >= 0.6 is 0 Å². The van der Waals surface area contributed by atoms with Gasteiger partial charge in [-0.2, -0.15) is 13.2 Å². The number of halogens is 3. The molecule has 1 aromatic heterocycles. The van der Waals surface area contributed by atoms with Gasteiger partial charge in [0.1, 0.15) is 12.1 Å². The van der Waals surface area contributed by atoms with Crippen molar-refractivity contribution in [1.29, 1.82) is 0 Å². The fraction of sp³-hybridized carbons (Fsp3) is 0.450. The van der Waals surface area contributed by atoms with Crippen LogP contribution in [0.5, 0.6) is 0 Å². The SMILES string of the molecule is CC(C)CC(N[C@@H](Cc1cncn1Cc1ccc(C(F)(F)F)cc1)C(=O)O)C(=O)O. The van der Waals surface area contributed by atoms with Crippen molar-refractivity contribution in [1.82, 2.24) is 14.9 Å². The molecule has 2 atom stereocenters. The van der Waals surface area contributed by atoms with E-state index in [1.165, 1.54) is 24.7 Å². The maximum absolute atomic E-state index is 12.7. The summed E-state index contributed by atoms with van der Waals surface area (Å²) in [6, 6.07) is 2.49. The minimum atomic E-state index is -4.42. The number of aromatic nitrogens is 2. The summed E-state index contributed by atoms with van der Waals surface area (Å²) in [5.74, 6) is -2.28. The third-order valence-corrected chi connectivity index (χ3v) is 4.55. The van der Waals surface area contributed by atoms with E-state index in [4.69, 9.17) is 0 Å². The number of aliphatic carboxylic acids is 2. The van der Waals surface area contributed by atoms with E-state index in [1.807, 2.05) is 13.8 Å². The minimum Gasteiger partial charge on any atom is -0.480 e. The van der Waals surface area contributed by atoms with Gasteiger partial charge in [0.25, 0.3) is 0 Å². The molecule has 0 aliphatic heterocycles. The zero-order chi connectivity index (χ0) is 22.5. The average molecular weight is 427 g/mol. The number of carboxylic acids is 2. The molecule has 2 rings (SSSR count). The fourth-order valence-corrected chi connectivity index (χ4v) is 3.04. The third kappa shape index (κ3) is 6.58. The zero-order valence-corrected chi connectivity index (χ0v) is 16.6. The van der Waals surface area contributed by atoms with Crippen LogP contribution < -0.4 is 5.32 Å². The van der Waals surface area contributed by atoms with E-state index < -0.39 is 35.8 Å². The van der Waals surface area contributed by atoms with E-state index in [9.17, 15) is 33.0 Å². The first-order valence-electron chi connectivity index (χ1n) is 9.34. The molecule has 0 bridgehead atoms. The minimum absolute atomic E-state index is 0.0299. The average Bonchev–Trinajstić information content (AvgIpc) is 3.06. The van der Waals surface area contributed by atoms with Crippen LogP contribution in [0.2, 0.25) is 0 Å². The van der Waals surface area contributed by atoms with Gasteiger partial charge < -0.3 is 14.8 Å². The molecule has 164 valence electrons. The summed E-state index contributed by atoms with van der Waals surface area (Å²) in [7, 11) is 0. The topological polar surface area (TPSA) is 104 Å². The quantitative estimate of drug-likeness (QED) is 0.539. The van der Waals surface area contributed by atoms with Gasteiger partial charge >= 0.3 is 18.1 Å². The molecule has 0 aliphatic carbocycles. The number of hydrogen-bond donors (Lipinski definition) is 3. The Morgan fingerprint density at radius 2 is 1.70 bits per heavy atom. The van der Waals surface area contributed by atoms with Gasteiger partial charge in [0, 0.05) is 24.9 Å². The molecular formula is C20H24F3N3O4. The highest BCUT2D eigenvalue weighted by Gasteiger charge is 2.30. The van der Waals surface area contributed by atoms with Gasteiger partial charge in [0.05, 0.1) is 11.9 Å². The maximum atomic E-state index is 12.7. The first-order valence-corrected chi connectivity index (χ1v) is 9.34. The number of rotatable bonds is 10. The lowest BCUT2D eigenvalue weighted by atomic mass is 10.0. The largest absolute Gasteiger partial charge is 0.480 e. The monoisotopic (exact) mass is 427 g/mol. The van der Waals surface area contributed by atoms with Crippen molar-refractivity contribution in [2.75, 3.05) is 0 Å². The Morgan fingerprint density at radius 3 is 2.20 bits per heavy atom. The number of benzene rings is 1. The van der Waals surface area contributed by atoms with Crippen LogP contribution in [0.25, 0.3) is 0 Å². The number of nitrogens with zero attached hydrogens (tertiary/aromatic N) is 2. The standard InChI is InChI=1S/C20H24F3N3O4/c1-12(2)7-16(18(27)28)25-17(19(29)30)8-15-9-24-11-26(15)10-13-3-5-14(6-4-13)20(21,22)23/h3-6,9,11-12,16-17,25H,7-8,10H2,1-2H3,(H,27,28)(H,29,30)/t16?,17-/m0/s1. The van der Waals surface area contributed by atoms with E-state index >= 15 is 0 Å². The summed E-state index contributed by atoms with van der Waals surface area (Å²) in [5, 5.41) is 21.6. The van der Waals surface area contributed by atoms with E-state index in [-0.39, 0.29) is 25.3 Å². The highest BCUT2D eigenvalue weighted by Crippen LogP contribution is 2.29. The molecule has 0 fully saturated rings. The molecule has 1 heterocycles. The van der Waals surface area contributed by atoms with Gasteiger partial charge in [0.15, 0.2) is 0 Å². The molecule has 0 saturated carbocycles. The van der Waals surface area contributed by atoms with Gasteiger partial charge in [-0.15, -0.1) is 0 Å². The second-order valence-corrected chi connectivity index (χ2v) is 7.49. The van der Waals surface area contributed by atoms with Crippen molar-refractivity contribution in [3.05, 3.63) is 53.6 Å². The lowest BCUT2D eigenvalue weighted by Gasteiger charge is -2.22. The van der Waals surface area contributed by atoms with Gasteiger partial charge in [-0.1, -0.05) is 26.0 Å². The Balaban J connectivity index is 2.14. The highest BCUT2D eigenvalue weighted by molar-refractivity contribution is 5.77. The van der Waals surface area contributed by atoms with E-state index in [2.05, 4.69) is 10.3 Å². The van der Waals surface area contributed by atoms with Crippen molar-refractivity contribution in [3.63, 3.8) is 0 Å². The number of alkyl halides is 3. The van der Waals surface area contributed by atoms with Crippen LogP contribution in [0.3, 0.4) is 0 Å². The van der Waals surface area contributed by atoms with Gasteiger partial charge in [-0.3, -0.25) is 14.9 Å². The summed E-state index contributed by atoms with van der Waals surface area (Å²) >= 11 is 0. The molecule has 1 unspecified atom stereocenters. The zero-order valence-electron chi connectivity index (χ0n) is 16.6. The van der Waals surface area contributed by atoms with Crippen molar-refractivity contribution < 1.29 is 33.0 Å².